The molecule has 6 N–H and O–H groups in total. The maximum atomic E-state index is 13.2. The molecule has 0 aromatic rings. The van der Waals surface area contributed by atoms with E-state index < -0.39 is 67.4 Å². The molecule has 11 nitrogen and oxygen atoms in total. The first-order valence-electron chi connectivity index (χ1n) is 24.8. The molecule has 1 rings (SSSR count). The quantitative estimate of drug-likeness (QED) is 0.0151. The van der Waals surface area contributed by atoms with E-state index in [2.05, 4.69) is 44.3 Å². The topological polar surface area (TPSA) is 175 Å². The number of unbranched alkanes of at least 4 members (excludes halogenated alkanes) is 14. The Hall–Kier alpha value is -3.68. The summed E-state index contributed by atoms with van der Waals surface area (Å²) in [5.41, 5.74) is 0. The number of amides is 1. The first kappa shape index (κ1) is 59.3. The first-order valence-corrected chi connectivity index (χ1v) is 24.8. The molecule has 1 aliphatic heterocycles. The normalized spacial score (nSPS) is 21.3. The van der Waals surface area contributed by atoms with E-state index in [1.54, 1.807) is 6.08 Å². The second-order valence-corrected chi connectivity index (χ2v) is 16.6. The maximum absolute atomic E-state index is 13.2. The van der Waals surface area contributed by atoms with Crippen molar-refractivity contribution in [1.82, 2.24) is 5.32 Å². The number of hydrogen-bond donors (Lipinski definition) is 6. The molecule has 1 heterocycles. The van der Waals surface area contributed by atoms with Crippen LogP contribution in [-0.4, -0.2) is 99.6 Å². The van der Waals surface area contributed by atoms with Gasteiger partial charge in [0, 0.05) is 6.42 Å². The zero-order valence-corrected chi connectivity index (χ0v) is 40.1. The molecule has 0 bridgehead atoms. The molecular weight excluding hydrogens is 823 g/mol. The molecule has 0 aromatic carbocycles. The Morgan fingerprint density at radius 2 is 1.11 bits per heavy atom. The molecule has 8 atom stereocenters. The van der Waals surface area contributed by atoms with Gasteiger partial charge in [-0.3, -0.25) is 9.59 Å². The molecule has 0 saturated carbocycles. The molecule has 1 saturated heterocycles. The van der Waals surface area contributed by atoms with Crippen LogP contribution in [0.5, 0.6) is 0 Å². The summed E-state index contributed by atoms with van der Waals surface area (Å²) in [6.07, 6.45) is 44.5. The van der Waals surface area contributed by atoms with Gasteiger partial charge in [0.25, 0.3) is 0 Å². The van der Waals surface area contributed by atoms with Crippen LogP contribution in [0.1, 0.15) is 156 Å². The molecule has 1 amide bonds. The summed E-state index contributed by atoms with van der Waals surface area (Å²) >= 11 is 0. The third-order valence-corrected chi connectivity index (χ3v) is 10.9. The molecule has 65 heavy (non-hydrogen) atoms. The largest absolute Gasteiger partial charge is 0.454 e. The highest BCUT2D eigenvalue weighted by atomic mass is 16.7. The average molecular weight is 910 g/mol. The number of allylic oxidation sites excluding steroid dienone is 17. The van der Waals surface area contributed by atoms with Crippen LogP contribution in [0.25, 0.3) is 0 Å². The lowest BCUT2D eigenvalue weighted by Gasteiger charge is -2.41. The van der Waals surface area contributed by atoms with Crippen LogP contribution in [0.4, 0.5) is 0 Å². The fourth-order valence-corrected chi connectivity index (χ4v) is 6.91. The van der Waals surface area contributed by atoms with Crippen LogP contribution in [0.2, 0.25) is 0 Å². The van der Waals surface area contributed by atoms with Gasteiger partial charge in [-0.2, -0.15) is 0 Å². The Morgan fingerprint density at radius 3 is 1.66 bits per heavy atom. The second kappa shape index (κ2) is 41.7. The average Bonchev–Trinajstić information content (AvgIpc) is 3.30. The van der Waals surface area contributed by atoms with Crippen molar-refractivity contribution in [3.8, 4) is 0 Å². The zero-order chi connectivity index (χ0) is 47.6. The summed E-state index contributed by atoms with van der Waals surface area (Å²) in [5.74, 6) is -1.31. The van der Waals surface area contributed by atoms with Gasteiger partial charge in [-0.25, -0.2) is 0 Å². The smallest absolute Gasteiger partial charge is 0.306 e. The van der Waals surface area contributed by atoms with Crippen molar-refractivity contribution in [1.29, 1.82) is 0 Å². The molecule has 1 fully saturated rings. The van der Waals surface area contributed by atoms with Gasteiger partial charge in [-0.05, 0) is 57.8 Å². The molecule has 1 aliphatic rings. The molecule has 11 heteroatoms. The summed E-state index contributed by atoms with van der Waals surface area (Å²) in [6, 6.07) is -1.07. The monoisotopic (exact) mass is 910 g/mol. The molecule has 8 unspecified atom stereocenters. The molecule has 0 radical (unpaired) electrons. The van der Waals surface area contributed by atoms with E-state index in [0.29, 0.717) is 12.8 Å². The van der Waals surface area contributed by atoms with E-state index >= 15 is 0 Å². The molecule has 0 spiro atoms. The number of aliphatic hydroxyl groups excluding tert-OH is 5. The van der Waals surface area contributed by atoms with Gasteiger partial charge >= 0.3 is 5.97 Å². The van der Waals surface area contributed by atoms with Crippen LogP contribution in [0.15, 0.2) is 109 Å². The molecule has 0 aliphatic carbocycles. The van der Waals surface area contributed by atoms with Gasteiger partial charge in [-0.15, -0.1) is 0 Å². The minimum absolute atomic E-state index is 0.0851. The third kappa shape index (κ3) is 31.0. The van der Waals surface area contributed by atoms with Crippen molar-refractivity contribution in [2.45, 2.75) is 205 Å². The van der Waals surface area contributed by atoms with Gasteiger partial charge in [-0.1, -0.05) is 201 Å². The van der Waals surface area contributed by atoms with E-state index in [0.717, 1.165) is 70.6 Å². The number of esters is 1. The summed E-state index contributed by atoms with van der Waals surface area (Å²) in [6.45, 7) is 5.38. The minimum Gasteiger partial charge on any atom is -0.454 e. The number of aliphatic hydroxyl groups is 5. The SMILES string of the molecule is CC/C=C/C=C/C=C\C=C/C=C/CCC(O)C(=O)NC(COC1OC(CO)C(O)C(O)C1OC(=O)CCCCCCC\C=C/C=C/C=C/CC)C(O)/C=C/CCCCCCCCCCC. The van der Waals surface area contributed by atoms with Crippen molar-refractivity contribution in [2.75, 3.05) is 13.2 Å². The Morgan fingerprint density at radius 1 is 0.615 bits per heavy atom. The van der Waals surface area contributed by atoms with Crippen LogP contribution >= 0.6 is 0 Å². The fraction of sp³-hybridized carbons (Fsp3) is 0.630. The highest BCUT2D eigenvalue weighted by Crippen LogP contribution is 2.26. The van der Waals surface area contributed by atoms with Crippen LogP contribution in [0, 0.1) is 0 Å². The summed E-state index contributed by atoms with van der Waals surface area (Å²) < 4.78 is 17.4. The number of hydrogen-bond acceptors (Lipinski definition) is 10. The Balaban J connectivity index is 2.88. The Labute approximate surface area is 392 Å². The fourth-order valence-electron chi connectivity index (χ4n) is 6.91. The maximum Gasteiger partial charge on any atom is 0.306 e. The third-order valence-electron chi connectivity index (χ3n) is 10.9. The van der Waals surface area contributed by atoms with Gasteiger partial charge < -0.3 is 45.1 Å². The van der Waals surface area contributed by atoms with Crippen LogP contribution in [-0.2, 0) is 23.8 Å². The van der Waals surface area contributed by atoms with E-state index in [1.165, 1.54) is 38.5 Å². The van der Waals surface area contributed by atoms with Crippen LogP contribution < -0.4 is 5.32 Å². The molecular formula is C54H87NO10. The molecule has 368 valence electrons. The second-order valence-electron chi connectivity index (χ2n) is 16.6. The van der Waals surface area contributed by atoms with E-state index in [1.807, 2.05) is 85.1 Å². The van der Waals surface area contributed by atoms with Crippen LogP contribution in [0.3, 0.4) is 0 Å². The number of carbonyl (C=O) groups excluding carboxylic acids is 2. The lowest BCUT2D eigenvalue weighted by molar-refractivity contribution is -0.305. The van der Waals surface area contributed by atoms with Gasteiger partial charge in [0.05, 0.1) is 25.4 Å². The minimum atomic E-state index is -1.64. The number of carbonyl (C=O) groups is 2. The number of nitrogens with one attached hydrogen (secondary N) is 1. The van der Waals surface area contributed by atoms with Crippen molar-refractivity contribution in [3.63, 3.8) is 0 Å². The predicted molar refractivity (Wildman–Crippen MR) is 264 cm³/mol. The van der Waals surface area contributed by atoms with E-state index in [-0.39, 0.29) is 19.4 Å². The first-order chi connectivity index (χ1) is 31.7. The van der Waals surface area contributed by atoms with Gasteiger partial charge in [0.2, 0.25) is 5.91 Å². The van der Waals surface area contributed by atoms with Gasteiger partial charge in [0.15, 0.2) is 12.4 Å². The van der Waals surface area contributed by atoms with E-state index in [9.17, 15) is 35.1 Å². The Bertz CT molecular complexity index is 1460. The van der Waals surface area contributed by atoms with Crippen molar-refractivity contribution in [3.05, 3.63) is 109 Å². The summed E-state index contributed by atoms with van der Waals surface area (Å²) in [4.78, 5) is 26.2. The number of rotatable bonds is 38. The Kier molecular flexibility index (Phi) is 38.1. The highest BCUT2D eigenvalue weighted by molar-refractivity contribution is 5.80. The van der Waals surface area contributed by atoms with E-state index in [4.69, 9.17) is 14.2 Å². The van der Waals surface area contributed by atoms with Crippen molar-refractivity contribution in [2.24, 2.45) is 0 Å². The predicted octanol–water partition coefficient (Wildman–Crippen LogP) is 9.82. The van der Waals surface area contributed by atoms with Crippen molar-refractivity contribution < 1.29 is 49.3 Å². The number of ether oxygens (including phenoxy) is 3. The lowest BCUT2D eigenvalue weighted by Crippen LogP contribution is -2.61. The zero-order valence-electron chi connectivity index (χ0n) is 40.1. The summed E-state index contributed by atoms with van der Waals surface area (Å²) in [7, 11) is 0. The standard InChI is InChI=1S/C54H87NO10/c1-4-7-10-13-16-19-22-24-27-30-33-36-39-42-49(59)65-52-51(61)50(60)48(43-56)64-54(52)63-44-45(46(57)40-37-34-31-28-25-21-18-15-12-9-6-3)55-53(62)47(58)41-38-35-32-29-26-23-20-17-14-11-8-5-2/h7-8,10-11,13-14,16-17,19-20,22-23,26,29,32,35,37,40,45-48,50-52,54,56-58,60-61H,4-6,9,12,15,18,21,24-25,27-28,30-31,33-34,36,38-39,41-44H2,1-3H3,(H,55,62)/b10-7+,11-8+,16-13+,17-14+,22-19-,23-20-,29-26-,35-32+,40-37+. The highest BCUT2D eigenvalue weighted by Gasteiger charge is 2.47. The lowest BCUT2D eigenvalue weighted by atomic mass is 9.99. The van der Waals surface area contributed by atoms with Gasteiger partial charge in [0.1, 0.15) is 24.4 Å². The molecule has 0 aromatic heterocycles. The summed E-state index contributed by atoms with van der Waals surface area (Å²) in [5, 5.41) is 56.3. The van der Waals surface area contributed by atoms with Crippen molar-refractivity contribution >= 4 is 11.9 Å².